The minimum Gasteiger partial charge on any atom is -0.482 e. The van der Waals surface area contributed by atoms with E-state index in [2.05, 4.69) is 17.4 Å². The van der Waals surface area contributed by atoms with Crippen LogP contribution < -0.4 is 15.5 Å². The molecule has 2 aromatic rings. The molecule has 0 unspecified atom stereocenters. The van der Waals surface area contributed by atoms with Gasteiger partial charge in [-0.3, -0.25) is 14.4 Å². The standard InChI is InChI=1S/C35H44F2N4O9.H2/c1-4-5-6-7-8-9-10-15-47-34(45)49-21-48-31-29-33(44)40-20-27(35(14-13-22(40)2)17-28(46-3)39-50-35)41(29)19-25(30(31)42)32(43)38-18-23-11-12-24(36)16-26(23)37;/h11-12,16,19,22,27H,4-10,13-15,17-18,20-21H2,1-3H3,(H,38,43);1H/t22-,27+,35-;/m0./s1. The molecule has 274 valence electrons. The number of unbranched alkanes of at least 4 members (excludes halogenated alkanes) is 6. The van der Waals surface area contributed by atoms with Crippen LogP contribution in [0.25, 0.3) is 0 Å². The van der Waals surface area contributed by atoms with Crippen LogP contribution in [0, 0.1) is 11.6 Å². The Morgan fingerprint density at radius 1 is 1.12 bits per heavy atom. The lowest BCUT2D eigenvalue weighted by Crippen LogP contribution is -2.52. The number of benzene rings is 1. The number of nitrogens with zero attached hydrogens (tertiary/aromatic N) is 3. The number of ether oxygens (including phenoxy) is 4. The van der Waals surface area contributed by atoms with Gasteiger partial charge in [0.15, 0.2) is 11.3 Å². The van der Waals surface area contributed by atoms with E-state index in [-0.39, 0.29) is 44.8 Å². The molecular weight excluding hydrogens is 658 g/mol. The SMILES string of the molecule is CCCCCCCCCOC(=O)OCOc1c2n(cc(C(=O)NCc3ccc(F)cc3F)c1=O)[C@@H]1CN(C2=O)[C@@H](C)CC[C@]12CC(OC)=NO2.[HH]. The van der Waals surface area contributed by atoms with Gasteiger partial charge in [0.2, 0.25) is 23.9 Å². The Hall–Kier alpha value is -4.69. The van der Waals surface area contributed by atoms with Crippen LogP contribution in [0.2, 0.25) is 0 Å². The second-order valence-corrected chi connectivity index (χ2v) is 12.9. The molecule has 3 aliphatic rings. The van der Waals surface area contributed by atoms with Gasteiger partial charge in [0, 0.05) is 38.4 Å². The largest absolute Gasteiger partial charge is 0.511 e. The van der Waals surface area contributed by atoms with Crippen molar-refractivity contribution in [2.24, 2.45) is 5.16 Å². The van der Waals surface area contributed by atoms with Gasteiger partial charge in [-0.25, -0.2) is 13.6 Å². The van der Waals surface area contributed by atoms with E-state index in [1.165, 1.54) is 36.8 Å². The zero-order valence-electron chi connectivity index (χ0n) is 28.6. The number of methoxy groups -OCH3 is 1. The third kappa shape index (κ3) is 8.02. The van der Waals surface area contributed by atoms with Gasteiger partial charge in [-0.05, 0) is 32.3 Å². The molecule has 0 radical (unpaired) electrons. The summed E-state index contributed by atoms with van der Waals surface area (Å²) < 4.78 is 50.5. The van der Waals surface area contributed by atoms with E-state index >= 15 is 0 Å². The van der Waals surface area contributed by atoms with Crippen molar-refractivity contribution in [3.8, 4) is 5.75 Å². The van der Waals surface area contributed by atoms with Crippen molar-refractivity contribution < 1.29 is 48.4 Å². The van der Waals surface area contributed by atoms with E-state index in [0.29, 0.717) is 31.2 Å². The van der Waals surface area contributed by atoms with Crippen LogP contribution in [0.3, 0.4) is 0 Å². The predicted octanol–water partition coefficient (Wildman–Crippen LogP) is 5.84. The van der Waals surface area contributed by atoms with E-state index < -0.39 is 64.8 Å². The number of fused-ring (bicyclic) bond motifs is 5. The minimum absolute atomic E-state index is 0. The first-order valence-electron chi connectivity index (χ1n) is 17.1. The highest BCUT2D eigenvalue weighted by atomic mass is 19.1. The van der Waals surface area contributed by atoms with Crippen molar-refractivity contribution in [1.29, 1.82) is 0 Å². The average Bonchev–Trinajstić information content (AvgIpc) is 3.48. The minimum atomic E-state index is -1.01. The zero-order valence-corrected chi connectivity index (χ0v) is 28.6. The molecule has 1 aromatic carbocycles. The van der Waals surface area contributed by atoms with E-state index in [1.807, 2.05) is 6.92 Å². The second kappa shape index (κ2) is 16.3. The van der Waals surface area contributed by atoms with Crippen LogP contribution >= 0.6 is 0 Å². The molecule has 0 saturated carbocycles. The third-order valence-corrected chi connectivity index (χ3v) is 9.55. The summed E-state index contributed by atoms with van der Waals surface area (Å²) in [7, 11) is 1.47. The van der Waals surface area contributed by atoms with E-state index in [9.17, 15) is 28.0 Å². The topological polar surface area (TPSA) is 147 Å². The summed E-state index contributed by atoms with van der Waals surface area (Å²) in [4.78, 5) is 61.4. The van der Waals surface area contributed by atoms with Gasteiger partial charge < -0.3 is 38.6 Å². The third-order valence-electron chi connectivity index (χ3n) is 9.55. The monoisotopic (exact) mass is 704 g/mol. The summed E-state index contributed by atoms with van der Waals surface area (Å²) in [6, 6.07) is 2.02. The number of carbonyl (C=O) groups is 3. The summed E-state index contributed by atoms with van der Waals surface area (Å²) in [6.07, 6.45) is 8.78. The molecule has 2 bridgehead atoms. The molecule has 1 N–H and O–H groups in total. The number of nitrogens with one attached hydrogen (secondary N) is 1. The van der Waals surface area contributed by atoms with Crippen molar-refractivity contribution >= 4 is 23.9 Å². The van der Waals surface area contributed by atoms with Crippen LogP contribution in [-0.2, 0) is 25.6 Å². The average molecular weight is 705 g/mol. The lowest BCUT2D eigenvalue weighted by Gasteiger charge is -2.42. The Balaban J connectivity index is 0.00000583. The maximum absolute atomic E-state index is 14.3. The number of hydrogen-bond acceptors (Lipinski definition) is 10. The summed E-state index contributed by atoms with van der Waals surface area (Å²) in [5.41, 5.74) is -2.53. The first kappa shape index (κ1) is 36.6. The highest BCUT2D eigenvalue weighted by Crippen LogP contribution is 2.46. The van der Waals surface area contributed by atoms with Crippen LogP contribution in [0.15, 0.2) is 34.3 Å². The second-order valence-electron chi connectivity index (χ2n) is 12.9. The van der Waals surface area contributed by atoms with Gasteiger partial charge in [0.25, 0.3) is 11.8 Å². The first-order chi connectivity index (χ1) is 24.1. The van der Waals surface area contributed by atoms with Gasteiger partial charge in [0.1, 0.15) is 17.2 Å². The summed E-state index contributed by atoms with van der Waals surface area (Å²) in [5.74, 6) is -3.24. The Kier molecular flexibility index (Phi) is 12.0. The highest BCUT2D eigenvalue weighted by Gasteiger charge is 2.55. The molecule has 3 aliphatic heterocycles. The molecule has 2 amide bonds. The zero-order chi connectivity index (χ0) is 35.8. The summed E-state index contributed by atoms with van der Waals surface area (Å²) in [6.45, 7) is 3.22. The molecule has 5 rings (SSSR count). The van der Waals surface area contributed by atoms with E-state index in [4.69, 9.17) is 23.8 Å². The lowest BCUT2D eigenvalue weighted by molar-refractivity contribution is -0.0658. The molecule has 1 spiro atoms. The molecule has 50 heavy (non-hydrogen) atoms. The Labute approximate surface area is 290 Å². The van der Waals surface area contributed by atoms with Crippen LogP contribution in [-0.4, -0.2) is 72.0 Å². The summed E-state index contributed by atoms with van der Waals surface area (Å²) >= 11 is 0. The van der Waals surface area contributed by atoms with Crippen molar-refractivity contribution in [1.82, 2.24) is 14.8 Å². The van der Waals surface area contributed by atoms with Gasteiger partial charge in [-0.2, -0.15) is 0 Å². The Morgan fingerprint density at radius 2 is 1.88 bits per heavy atom. The number of rotatable bonds is 14. The van der Waals surface area contributed by atoms with E-state index in [1.54, 1.807) is 4.90 Å². The molecular formula is C35H46F2N4O9. The maximum atomic E-state index is 14.3. The molecule has 1 aromatic heterocycles. The number of aromatic nitrogens is 1. The van der Waals surface area contributed by atoms with Gasteiger partial charge >= 0.3 is 6.16 Å². The quantitative estimate of drug-likeness (QED) is 0.146. The number of hydrogen-bond donors (Lipinski definition) is 1. The number of amides is 2. The molecule has 15 heteroatoms. The molecule has 0 aliphatic carbocycles. The number of halogens is 2. The Bertz CT molecular complexity index is 1670. The fraction of sp³-hybridized carbons (Fsp3) is 0.571. The number of pyridine rings is 1. The molecule has 13 nitrogen and oxygen atoms in total. The first-order valence-corrected chi connectivity index (χ1v) is 17.1. The molecule has 3 atom stereocenters. The van der Waals surface area contributed by atoms with Crippen molar-refractivity contribution in [2.45, 2.75) is 102 Å². The lowest BCUT2D eigenvalue weighted by atomic mass is 9.85. The van der Waals surface area contributed by atoms with Crippen LogP contribution in [0.5, 0.6) is 5.75 Å². The fourth-order valence-corrected chi connectivity index (χ4v) is 6.64. The number of carbonyl (C=O) groups excluding carboxylic acids is 3. The fourth-order valence-electron chi connectivity index (χ4n) is 6.64. The van der Waals surface area contributed by atoms with Crippen LogP contribution in [0.4, 0.5) is 13.6 Å². The summed E-state index contributed by atoms with van der Waals surface area (Å²) in [5, 5.41) is 6.60. The molecule has 1 fully saturated rings. The highest BCUT2D eigenvalue weighted by molar-refractivity contribution is 5.99. The predicted molar refractivity (Wildman–Crippen MR) is 178 cm³/mol. The van der Waals surface area contributed by atoms with Crippen molar-refractivity contribution in [3.05, 3.63) is 63.1 Å². The molecule has 4 heterocycles. The van der Waals surface area contributed by atoms with Gasteiger partial charge in [-0.1, -0.05) is 56.7 Å². The molecule has 1 saturated heterocycles. The smallest absolute Gasteiger partial charge is 0.482 e. The van der Waals surface area contributed by atoms with Gasteiger partial charge in [-0.15, -0.1) is 0 Å². The Morgan fingerprint density at radius 3 is 2.60 bits per heavy atom. The van der Waals surface area contributed by atoms with Gasteiger partial charge in [0.05, 0.1) is 26.2 Å². The van der Waals surface area contributed by atoms with Crippen molar-refractivity contribution in [2.75, 3.05) is 27.1 Å². The van der Waals surface area contributed by atoms with Crippen molar-refractivity contribution in [3.63, 3.8) is 0 Å². The van der Waals surface area contributed by atoms with Crippen LogP contribution in [0.1, 0.15) is 112 Å². The van der Waals surface area contributed by atoms with E-state index in [0.717, 1.165) is 31.7 Å². The normalized spacial score (nSPS) is 20.8. The number of oxime groups is 1. The maximum Gasteiger partial charge on any atom is 0.511 e.